The summed E-state index contributed by atoms with van der Waals surface area (Å²) in [5.41, 5.74) is 3.36. The Morgan fingerprint density at radius 3 is 1.65 bits per heavy atom. The number of carbonyl (C=O) groups is 1. The molecule has 0 saturated carbocycles. The van der Waals surface area contributed by atoms with Gasteiger partial charge >= 0.3 is 0 Å². The van der Waals surface area contributed by atoms with Gasteiger partial charge in [-0.25, -0.2) is 16.8 Å². The van der Waals surface area contributed by atoms with Crippen LogP contribution in [0.4, 0.5) is 17.1 Å². The molecule has 0 heterocycles. The van der Waals surface area contributed by atoms with Crippen LogP contribution in [0.1, 0.15) is 21.5 Å². The van der Waals surface area contributed by atoms with Crippen molar-refractivity contribution < 1.29 is 21.6 Å². The molecule has 4 rings (SSSR count). The maximum atomic E-state index is 12.7. The monoisotopic (exact) mass is 535 g/mol. The number of sulfonamides is 2. The van der Waals surface area contributed by atoms with Crippen molar-refractivity contribution in [2.45, 2.75) is 23.6 Å². The van der Waals surface area contributed by atoms with Crippen LogP contribution in [0, 0.1) is 13.8 Å². The summed E-state index contributed by atoms with van der Waals surface area (Å²) < 4.78 is 55.4. The molecule has 37 heavy (non-hydrogen) atoms. The first-order valence-corrected chi connectivity index (χ1v) is 14.2. The fourth-order valence-corrected chi connectivity index (χ4v) is 5.57. The Bertz CT molecular complexity index is 1630. The molecule has 0 bridgehead atoms. The number of benzene rings is 4. The van der Waals surface area contributed by atoms with Crippen molar-refractivity contribution in [1.82, 2.24) is 0 Å². The van der Waals surface area contributed by atoms with Gasteiger partial charge in [0, 0.05) is 22.6 Å². The minimum atomic E-state index is -3.79. The van der Waals surface area contributed by atoms with E-state index in [2.05, 4.69) is 14.8 Å². The lowest BCUT2D eigenvalue weighted by atomic mass is 10.2. The van der Waals surface area contributed by atoms with E-state index < -0.39 is 26.0 Å². The van der Waals surface area contributed by atoms with Crippen molar-refractivity contribution in [2.24, 2.45) is 0 Å². The predicted octanol–water partition coefficient (Wildman–Crippen LogP) is 5.16. The van der Waals surface area contributed by atoms with Gasteiger partial charge in [-0.2, -0.15) is 0 Å². The van der Waals surface area contributed by atoms with E-state index in [9.17, 15) is 21.6 Å². The van der Waals surface area contributed by atoms with Gasteiger partial charge < -0.3 is 5.32 Å². The second-order valence-electron chi connectivity index (χ2n) is 8.45. The average Bonchev–Trinajstić information content (AvgIpc) is 2.84. The maximum absolute atomic E-state index is 12.7. The summed E-state index contributed by atoms with van der Waals surface area (Å²) in [7, 11) is -7.54. The van der Waals surface area contributed by atoms with Crippen molar-refractivity contribution in [3.63, 3.8) is 0 Å². The van der Waals surface area contributed by atoms with Crippen LogP contribution in [-0.2, 0) is 20.0 Å². The van der Waals surface area contributed by atoms with E-state index >= 15 is 0 Å². The molecule has 0 atom stereocenters. The molecule has 0 aliphatic heterocycles. The molecule has 10 heteroatoms. The molecule has 4 aromatic rings. The van der Waals surface area contributed by atoms with Crippen molar-refractivity contribution >= 4 is 43.0 Å². The molecule has 0 fully saturated rings. The maximum Gasteiger partial charge on any atom is 0.261 e. The Labute approximate surface area is 216 Å². The molecule has 8 nitrogen and oxygen atoms in total. The minimum Gasteiger partial charge on any atom is -0.322 e. The average molecular weight is 536 g/mol. The zero-order valence-corrected chi connectivity index (χ0v) is 21.7. The summed E-state index contributed by atoms with van der Waals surface area (Å²) in [5.74, 6) is -0.429. The van der Waals surface area contributed by atoms with Gasteiger partial charge in [-0.15, -0.1) is 0 Å². The second kappa shape index (κ2) is 10.5. The number of nitrogens with one attached hydrogen (secondary N) is 3. The van der Waals surface area contributed by atoms with Crippen LogP contribution >= 0.6 is 0 Å². The Morgan fingerprint density at radius 2 is 1.08 bits per heavy atom. The van der Waals surface area contributed by atoms with E-state index in [0.29, 0.717) is 22.6 Å². The largest absolute Gasteiger partial charge is 0.322 e. The number of rotatable bonds is 8. The number of carbonyl (C=O) groups excluding carboxylic acids is 1. The summed E-state index contributed by atoms with van der Waals surface area (Å²) in [5, 5.41) is 2.70. The van der Waals surface area contributed by atoms with Crippen LogP contribution < -0.4 is 14.8 Å². The molecule has 0 aliphatic rings. The highest BCUT2D eigenvalue weighted by Gasteiger charge is 2.16. The lowest BCUT2D eigenvalue weighted by molar-refractivity contribution is 0.102. The molecule has 0 aliphatic carbocycles. The Morgan fingerprint density at radius 1 is 0.568 bits per heavy atom. The van der Waals surface area contributed by atoms with Gasteiger partial charge in [0.15, 0.2) is 0 Å². The van der Waals surface area contributed by atoms with E-state index in [4.69, 9.17) is 0 Å². The third kappa shape index (κ3) is 6.54. The fourth-order valence-electron chi connectivity index (χ4n) is 3.46. The van der Waals surface area contributed by atoms with Crippen LogP contribution in [0.25, 0.3) is 0 Å². The smallest absolute Gasteiger partial charge is 0.261 e. The highest BCUT2D eigenvalue weighted by atomic mass is 32.2. The summed E-state index contributed by atoms with van der Waals surface area (Å²) in [6, 6.07) is 25.2. The predicted molar refractivity (Wildman–Crippen MR) is 145 cm³/mol. The SMILES string of the molecule is Cc1ccc(S(=O)(=O)Nc2ccc(C(=O)Nc3ccc(S(=O)(=O)Nc4cccc(C)c4)cc3)cc2)cc1. The van der Waals surface area contributed by atoms with Gasteiger partial charge in [-0.05, 0) is 92.2 Å². The van der Waals surface area contributed by atoms with Crippen LogP contribution in [0.3, 0.4) is 0 Å². The van der Waals surface area contributed by atoms with E-state index in [-0.39, 0.29) is 9.79 Å². The first-order chi connectivity index (χ1) is 17.5. The summed E-state index contributed by atoms with van der Waals surface area (Å²) in [4.78, 5) is 12.8. The summed E-state index contributed by atoms with van der Waals surface area (Å²) in [6.45, 7) is 3.74. The zero-order chi connectivity index (χ0) is 26.6. The quantitative estimate of drug-likeness (QED) is 0.288. The normalized spacial score (nSPS) is 11.5. The summed E-state index contributed by atoms with van der Waals surface area (Å²) >= 11 is 0. The molecule has 0 radical (unpaired) electrons. The number of aryl methyl sites for hydroxylation is 2. The lowest BCUT2D eigenvalue weighted by Gasteiger charge is -2.11. The van der Waals surface area contributed by atoms with Gasteiger partial charge in [0.1, 0.15) is 0 Å². The number of hydrogen-bond donors (Lipinski definition) is 3. The molecule has 0 spiro atoms. The molecule has 0 saturated heterocycles. The Kier molecular flexibility index (Phi) is 7.33. The van der Waals surface area contributed by atoms with Gasteiger partial charge in [0.2, 0.25) is 0 Å². The molecule has 4 aromatic carbocycles. The molecular formula is C27H25N3O5S2. The first-order valence-electron chi connectivity index (χ1n) is 11.2. The second-order valence-corrected chi connectivity index (χ2v) is 11.8. The number of hydrogen-bond acceptors (Lipinski definition) is 5. The Hall–Kier alpha value is -4.15. The van der Waals surface area contributed by atoms with E-state index in [0.717, 1.165) is 11.1 Å². The van der Waals surface area contributed by atoms with Gasteiger partial charge in [0.25, 0.3) is 26.0 Å². The van der Waals surface area contributed by atoms with Gasteiger partial charge in [-0.3, -0.25) is 14.2 Å². The molecule has 0 unspecified atom stereocenters. The van der Waals surface area contributed by atoms with Crippen molar-refractivity contribution in [1.29, 1.82) is 0 Å². The van der Waals surface area contributed by atoms with E-state index in [1.807, 2.05) is 19.9 Å². The van der Waals surface area contributed by atoms with Gasteiger partial charge in [-0.1, -0.05) is 29.8 Å². The van der Waals surface area contributed by atoms with E-state index in [1.165, 1.54) is 60.7 Å². The lowest BCUT2D eigenvalue weighted by Crippen LogP contribution is -2.15. The van der Waals surface area contributed by atoms with Gasteiger partial charge in [0.05, 0.1) is 9.79 Å². The van der Waals surface area contributed by atoms with E-state index in [1.54, 1.807) is 30.3 Å². The highest BCUT2D eigenvalue weighted by molar-refractivity contribution is 7.93. The van der Waals surface area contributed by atoms with Crippen LogP contribution in [0.5, 0.6) is 0 Å². The molecule has 190 valence electrons. The van der Waals surface area contributed by atoms with Crippen molar-refractivity contribution in [2.75, 3.05) is 14.8 Å². The third-order valence-corrected chi connectivity index (χ3v) is 8.22. The highest BCUT2D eigenvalue weighted by Crippen LogP contribution is 2.21. The molecule has 3 N–H and O–H groups in total. The molecular weight excluding hydrogens is 510 g/mol. The number of anilines is 3. The Balaban J connectivity index is 1.40. The summed E-state index contributed by atoms with van der Waals surface area (Å²) in [6.07, 6.45) is 0. The standard InChI is InChI=1S/C27H25N3O5S2/c1-19-6-14-25(15-7-19)36(32,33)29-23-10-8-21(9-11-23)27(31)28-22-12-16-26(17-13-22)37(34,35)30-24-5-3-4-20(2)18-24/h3-18,29-30H,1-2H3,(H,28,31). The number of amides is 1. The van der Waals surface area contributed by atoms with Crippen LogP contribution in [-0.4, -0.2) is 22.7 Å². The van der Waals surface area contributed by atoms with Crippen LogP contribution in [0.2, 0.25) is 0 Å². The molecule has 0 aromatic heterocycles. The van der Waals surface area contributed by atoms with Crippen molar-refractivity contribution in [3.8, 4) is 0 Å². The topological polar surface area (TPSA) is 121 Å². The fraction of sp³-hybridized carbons (Fsp3) is 0.0741. The zero-order valence-electron chi connectivity index (χ0n) is 20.1. The minimum absolute atomic E-state index is 0.0530. The first kappa shape index (κ1) is 25.9. The van der Waals surface area contributed by atoms with Crippen LogP contribution in [0.15, 0.2) is 107 Å². The van der Waals surface area contributed by atoms with Crippen molar-refractivity contribution in [3.05, 3.63) is 114 Å². The third-order valence-electron chi connectivity index (χ3n) is 5.42. The molecule has 1 amide bonds.